The fourth-order valence-corrected chi connectivity index (χ4v) is 8.07. The van der Waals surface area contributed by atoms with E-state index in [0.717, 1.165) is 61.5 Å². The van der Waals surface area contributed by atoms with E-state index in [4.69, 9.17) is 25.8 Å². The van der Waals surface area contributed by atoms with Gasteiger partial charge in [-0.2, -0.15) is 0 Å². The number of rotatable bonds is 6. The Labute approximate surface area is 238 Å². The number of fused-ring (bicyclic) bond motifs is 2. The van der Waals surface area contributed by atoms with Gasteiger partial charge in [0.2, 0.25) is 0 Å². The normalized spacial score (nSPS) is 26.4. The van der Waals surface area contributed by atoms with Gasteiger partial charge in [-0.15, -0.1) is 11.8 Å². The lowest BCUT2D eigenvalue weighted by atomic mass is 9.80. The number of nitrogens with one attached hydrogen (secondary N) is 2. The number of H-pyrrole nitrogens is 1. The number of halogens is 1. The molecule has 1 saturated heterocycles. The number of aryl methyl sites for hydroxylation is 1. The van der Waals surface area contributed by atoms with E-state index in [1.165, 1.54) is 5.56 Å². The third-order valence-corrected chi connectivity index (χ3v) is 10.5. The molecule has 2 N–H and O–H groups in total. The molecule has 4 aliphatic rings. The molecule has 10 heteroatoms. The van der Waals surface area contributed by atoms with Gasteiger partial charge in [0.15, 0.2) is 11.5 Å². The highest BCUT2D eigenvalue weighted by atomic mass is 35.5. The number of methoxy groups -OCH3 is 1. The summed E-state index contributed by atoms with van der Waals surface area (Å²) in [5, 5.41) is 3.30. The van der Waals surface area contributed by atoms with Crippen molar-refractivity contribution in [2.24, 2.45) is 5.92 Å². The number of nitrogens with zero attached hydrogens (tertiary/aromatic N) is 1. The number of hydrogen-bond donors (Lipinski definition) is 2. The predicted molar refractivity (Wildman–Crippen MR) is 151 cm³/mol. The molecule has 1 amide bonds. The van der Waals surface area contributed by atoms with Crippen LogP contribution in [0, 0.1) is 19.8 Å². The van der Waals surface area contributed by atoms with Gasteiger partial charge >= 0.3 is 0 Å². The van der Waals surface area contributed by atoms with Crippen molar-refractivity contribution in [3.8, 4) is 11.5 Å². The lowest BCUT2D eigenvalue weighted by Crippen LogP contribution is -2.57. The Morgan fingerprint density at radius 1 is 1.23 bits per heavy atom. The van der Waals surface area contributed by atoms with E-state index in [2.05, 4.69) is 15.2 Å². The molecule has 8 nitrogen and oxygen atoms in total. The molecule has 1 unspecified atom stereocenters. The van der Waals surface area contributed by atoms with Crippen molar-refractivity contribution in [3.63, 3.8) is 0 Å². The Morgan fingerprint density at radius 3 is 2.67 bits per heavy atom. The van der Waals surface area contributed by atoms with Gasteiger partial charge in [0.05, 0.1) is 16.7 Å². The largest absolute Gasteiger partial charge is 0.448 e. The fraction of sp³-hybridized carbons (Fsp3) is 0.586. The van der Waals surface area contributed by atoms with E-state index >= 15 is 0 Å². The summed E-state index contributed by atoms with van der Waals surface area (Å²) in [7, 11) is 1.78. The summed E-state index contributed by atoms with van der Waals surface area (Å²) < 4.78 is 18.3. The van der Waals surface area contributed by atoms with Crippen LogP contribution in [0.15, 0.2) is 15.8 Å². The van der Waals surface area contributed by atoms with Crippen molar-refractivity contribution < 1.29 is 19.0 Å². The SMILES string of the molecule is COC1CN(C2CCC(C3(C)Oc4c(Cl)cc(C(=O)NCc5c6c(c(C)[nH]c5=O)CCS6)c(C)c4O3)CC2)C1. The van der Waals surface area contributed by atoms with Gasteiger partial charge in [0, 0.05) is 73.1 Å². The smallest absolute Gasteiger partial charge is 0.254 e. The Bertz CT molecular complexity index is 1370. The molecule has 0 radical (unpaired) electrons. The highest BCUT2D eigenvalue weighted by molar-refractivity contribution is 7.99. The first-order valence-electron chi connectivity index (χ1n) is 13.8. The van der Waals surface area contributed by atoms with Crippen LogP contribution in [0.1, 0.15) is 65.3 Å². The first kappa shape index (κ1) is 27.0. The maximum Gasteiger partial charge on any atom is 0.254 e. The second-order valence-electron chi connectivity index (χ2n) is 11.4. The van der Waals surface area contributed by atoms with Gasteiger partial charge in [-0.3, -0.25) is 14.5 Å². The molecule has 1 atom stereocenters. The van der Waals surface area contributed by atoms with E-state index in [1.54, 1.807) is 24.9 Å². The zero-order valence-electron chi connectivity index (χ0n) is 22.9. The third kappa shape index (κ3) is 4.75. The molecule has 1 saturated carbocycles. The van der Waals surface area contributed by atoms with E-state index in [1.807, 2.05) is 20.8 Å². The summed E-state index contributed by atoms with van der Waals surface area (Å²) in [5.74, 6) is 1.08. The number of aromatic nitrogens is 1. The van der Waals surface area contributed by atoms with E-state index in [0.29, 0.717) is 45.4 Å². The number of carbonyl (C=O) groups is 1. The fourth-order valence-electron chi connectivity index (χ4n) is 6.56. The average Bonchev–Trinajstić information content (AvgIpc) is 3.52. The number of pyridine rings is 1. The highest BCUT2D eigenvalue weighted by Crippen LogP contribution is 2.52. The number of likely N-dealkylation sites (tertiary alicyclic amines) is 1. The topological polar surface area (TPSA) is 92.9 Å². The predicted octanol–water partition coefficient (Wildman–Crippen LogP) is 4.60. The second-order valence-corrected chi connectivity index (χ2v) is 12.9. The molecule has 1 aliphatic carbocycles. The minimum Gasteiger partial charge on any atom is -0.448 e. The van der Waals surface area contributed by atoms with Gasteiger partial charge < -0.3 is 24.5 Å². The van der Waals surface area contributed by atoms with Gasteiger partial charge in [-0.25, -0.2) is 0 Å². The van der Waals surface area contributed by atoms with Crippen LogP contribution in [0.5, 0.6) is 11.5 Å². The van der Waals surface area contributed by atoms with E-state index < -0.39 is 5.79 Å². The number of benzene rings is 1. The Kier molecular flexibility index (Phi) is 7.15. The van der Waals surface area contributed by atoms with E-state index in [-0.39, 0.29) is 23.9 Å². The molecule has 0 spiro atoms. The summed E-state index contributed by atoms with van der Waals surface area (Å²) in [5.41, 5.74) is 3.64. The highest BCUT2D eigenvalue weighted by Gasteiger charge is 2.48. The van der Waals surface area contributed by atoms with Crippen LogP contribution < -0.4 is 20.3 Å². The van der Waals surface area contributed by atoms with Crippen molar-refractivity contribution in [1.29, 1.82) is 0 Å². The maximum atomic E-state index is 13.3. The summed E-state index contributed by atoms with van der Waals surface area (Å²) in [4.78, 5) is 32.4. The summed E-state index contributed by atoms with van der Waals surface area (Å²) >= 11 is 8.33. The molecule has 210 valence electrons. The quantitative estimate of drug-likeness (QED) is 0.522. The number of thioether (sulfide) groups is 1. The van der Waals surface area contributed by atoms with Gasteiger partial charge in [-0.05, 0) is 57.6 Å². The van der Waals surface area contributed by atoms with Gasteiger partial charge in [-0.1, -0.05) is 11.6 Å². The minimum absolute atomic E-state index is 0.151. The molecule has 1 aromatic carbocycles. The number of ether oxygens (including phenoxy) is 3. The Morgan fingerprint density at radius 2 is 1.95 bits per heavy atom. The molecule has 1 aromatic heterocycles. The maximum absolute atomic E-state index is 13.3. The Balaban J connectivity index is 1.14. The standard InChI is InChI=1S/C29H36ClN3O5S/c1-15-21(27(34)31-12-22-26-20(9-10-39-26)16(2)32-28(22)35)11-23(30)25-24(15)37-29(3,38-25)17-5-7-18(8-6-17)33-13-19(14-33)36-4/h11,17-19H,5-10,12-14H2,1-4H3,(H,31,34)(H,32,35). The minimum atomic E-state index is -0.826. The van der Waals surface area contributed by atoms with Crippen LogP contribution in [-0.4, -0.2) is 59.7 Å². The molecule has 0 bridgehead atoms. The van der Waals surface area contributed by atoms with Crippen LogP contribution in [0.4, 0.5) is 0 Å². The molecule has 3 aliphatic heterocycles. The summed E-state index contributed by atoms with van der Waals surface area (Å²) in [6, 6.07) is 2.23. The summed E-state index contributed by atoms with van der Waals surface area (Å²) in [6.07, 6.45) is 5.49. The molecule has 2 fully saturated rings. The summed E-state index contributed by atoms with van der Waals surface area (Å²) in [6.45, 7) is 7.95. The van der Waals surface area contributed by atoms with Crippen LogP contribution in [0.25, 0.3) is 0 Å². The van der Waals surface area contributed by atoms with Gasteiger partial charge in [0.25, 0.3) is 17.3 Å². The molecule has 2 aromatic rings. The van der Waals surface area contributed by atoms with Crippen molar-refractivity contribution >= 4 is 29.3 Å². The molecule has 6 rings (SSSR count). The second kappa shape index (κ2) is 10.3. The monoisotopic (exact) mass is 573 g/mol. The third-order valence-electron chi connectivity index (χ3n) is 9.06. The number of aromatic amines is 1. The van der Waals surface area contributed by atoms with Crippen molar-refractivity contribution in [2.45, 2.75) is 82.2 Å². The average molecular weight is 574 g/mol. The van der Waals surface area contributed by atoms with Crippen molar-refractivity contribution in [2.75, 3.05) is 26.0 Å². The first-order valence-corrected chi connectivity index (χ1v) is 15.2. The number of carbonyl (C=O) groups excluding carboxylic acids is 1. The lowest BCUT2D eigenvalue weighted by Gasteiger charge is -2.47. The zero-order valence-corrected chi connectivity index (χ0v) is 24.5. The van der Waals surface area contributed by atoms with Gasteiger partial charge in [0.1, 0.15) is 0 Å². The zero-order chi connectivity index (χ0) is 27.5. The van der Waals surface area contributed by atoms with E-state index in [9.17, 15) is 9.59 Å². The first-order chi connectivity index (χ1) is 18.7. The number of amides is 1. The molecular weight excluding hydrogens is 538 g/mol. The molecule has 39 heavy (non-hydrogen) atoms. The van der Waals surface area contributed by atoms with Crippen LogP contribution >= 0.6 is 23.4 Å². The van der Waals surface area contributed by atoms with Crippen LogP contribution in [0.3, 0.4) is 0 Å². The van der Waals surface area contributed by atoms with Crippen LogP contribution in [0.2, 0.25) is 5.02 Å². The van der Waals surface area contributed by atoms with Crippen LogP contribution in [-0.2, 0) is 17.7 Å². The molecular formula is C29H36ClN3O5S. The molecule has 4 heterocycles. The van der Waals surface area contributed by atoms with Crippen molar-refractivity contribution in [3.05, 3.63) is 49.4 Å². The Hall–Kier alpha value is -2.20. The van der Waals surface area contributed by atoms with Crippen molar-refractivity contribution in [1.82, 2.24) is 15.2 Å². The lowest BCUT2D eigenvalue weighted by molar-refractivity contribution is -0.130. The number of hydrogen-bond acceptors (Lipinski definition) is 7.